The van der Waals surface area contributed by atoms with Crippen molar-refractivity contribution < 1.29 is 19.1 Å². The quantitative estimate of drug-likeness (QED) is 0.187. The van der Waals surface area contributed by atoms with Crippen LogP contribution in [0.15, 0.2) is 121 Å². The lowest BCUT2D eigenvalue weighted by molar-refractivity contribution is -0.136. The number of carbonyl (C=O) groups is 3. The molecule has 0 heterocycles. The summed E-state index contributed by atoms with van der Waals surface area (Å²) >= 11 is 0. The van der Waals surface area contributed by atoms with Crippen molar-refractivity contribution in [1.29, 1.82) is 0 Å². The van der Waals surface area contributed by atoms with Crippen molar-refractivity contribution in [3.05, 3.63) is 138 Å². The average Bonchev–Trinajstić information content (AvgIpc) is 3.03. The highest BCUT2D eigenvalue weighted by Crippen LogP contribution is 2.46. The van der Waals surface area contributed by atoms with Gasteiger partial charge in [0.2, 0.25) is 11.3 Å². The molecule has 0 spiro atoms. The van der Waals surface area contributed by atoms with Crippen LogP contribution in [-0.2, 0) is 20.9 Å². The molecule has 0 aliphatic heterocycles. The van der Waals surface area contributed by atoms with Crippen LogP contribution in [0, 0.1) is 6.57 Å². The first-order valence-corrected chi connectivity index (χ1v) is 16.5. The van der Waals surface area contributed by atoms with Gasteiger partial charge in [-0.05, 0) is 56.1 Å². The Balaban J connectivity index is 1.86. The Bertz CT molecular complexity index is 1610. The summed E-state index contributed by atoms with van der Waals surface area (Å²) < 4.78 is 5.36. The lowest BCUT2D eigenvalue weighted by Crippen LogP contribution is -2.49. The maximum absolute atomic E-state index is 14.5. The van der Waals surface area contributed by atoms with Gasteiger partial charge in [0.15, 0.2) is 5.78 Å². The van der Waals surface area contributed by atoms with Crippen LogP contribution in [-0.4, -0.2) is 46.3 Å². The Kier molecular flexibility index (Phi) is 10.8. The Morgan fingerprint density at radius 2 is 1.20 bits per heavy atom. The lowest BCUT2D eigenvalue weighted by Gasteiger charge is -2.31. The lowest BCUT2D eigenvalue weighted by atomic mass is 10.1. The number of ether oxygens (including phenoxy) is 1. The Hall–Kier alpha value is -4.92. The van der Waals surface area contributed by atoms with E-state index in [1.54, 1.807) is 27.7 Å². The van der Waals surface area contributed by atoms with E-state index in [0.29, 0.717) is 0 Å². The topological polar surface area (TPSA) is 80.1 Å². The van der Waals surface area contributed by atoms with Gasteiger partial charge in [0.05, 0.1) is 13.1 Å². The number of amides is 2. The van der Waals surface area contributed by atoms with Gasteiger partial charge in [-0.15, -0.1) is 0 Å². The van der Waals surface area contributed by atoms with Gasteiger partial charge in [0.25, 0.3) is 0 Å². The number of ketones is 1. The fraction of sp³-hybridized carbons (Fsp3) is 0.216. The molecule has 0 saturated heterocycles. The molecule has 4 aromatic carbocycles. The molecule has 0 unspecified atom stereocenters. The number of nitrogens with zero attached hydrogens (tertiary/aromatic N) is 2. The van der Waals surface area contributed by atoms with Crippen molar-refractivity contribution in [2.45, 2.75) is 45.9 Å². The molecule has 7 nitrogen and oxygen atoms in total. The van der Waals surface area contributed by atoms with Gasteiger partial charge in [-0.2, -0.15) is 0 Å². The zero-order valence-corrected chi connectivity index (χ0v) is 26.9. The first-order valence-electron chi connectivity index (χ1n) is 14.7. The van der Waals surface area contributed by atoms with E-state index in [1.165, 1.54) is 4.90 Å². The number of Topliss-reactive ketones (excluding diaryl/α,β-unsaturated/α-hetero) is 1. The predicted octanol–water partition coefficient (Wildman–Crippen LogP) is 5.54. The van der Waals surface area contributed by atoms with E-state index in [9.17, 15) is 14.4 Å². The highest BCUT2D eigenvalue weighted by molar-refractivity contribution is 7.96. The average molecular weight is 620 g/mol. The van der Waals surface area contributed by atoms with Crippen LogP contribution in [0.3, 0.4) is 0 Å². The summed E-state index contributed by atoms with van der Waals surface area (Å²) in [6.45, 7) is 12.0. The fourth-order valence-electron chi connectivity index (χ4n) is 5.17. The molecule has 45 heavy (non-hydrogen) atoms. The minimum absolute atomic E-state index is 0.0738. The molecule has 0 radical (unpaired) electrons. The Morgan fingerprint density at radius 3 is 1.60 bits per heavy atom. The third-order valence-corrected chi connectivity index (χ3v) is 11.3. The molecule has 0 saturated carbocycles. The molecular formula is C37H38N3O4P. The summed E-state index contributed by atoms with van der Waals surface area (Å²) in [5.41, 5.74) is 0.137. The van der Waals surface area contributed by atoms with Crippen molar-refractivity contribution in [3.8, 4) is 0 Å². The molecule has 2 amide bonds. The van der Waals surface area contributed by atoms with Crippen LogP contribution in [0.4, 0.5) is 4.79 Å². The molecule has 0 aliphatic carbocycles. The summed E-state index contributed by atoms with van der Waals surface area (Å²) in [5, 5.41) is 5.19. The monoisotopic (exact) mass is 619 g/mol. The number of alkyl carbamates (subject to hydrolysis) is 1. The number of carbonyl (C=O) groups excluding carboxylic acids is 3. The van der Waals surface area contributed by atoms with Crippen molar-refractivity contribution in [1.82, 2.24) is 10.2 Å². The van der Waals surface area contributed by atoms with Gasteiger partial charge < -0.3 is 19.7 Å². The highest BCUT2D eigenvalue weighted by Gasteiger charge is 2.35. The molecule has 4 aromatic rings. The van der Waals surface area contributed by atoms with Crippen molar-refractivity contribution in [2.75, 3.05) is 6.54 Å². The van der Waals surface area contributed by atoms with E-state index >= 15 is 0 Å². The van der Waals surface area contributed by atoms with Crippen LogP contribution in [0.25, 0.3) is 4.85 Å². The first-order chi connectivity index (χ1) is 21.6. The van der Waals surface area contributed by atoms with Crippen molar-refractivity contribution >= 4 is 46.0 Å². The zero-order valence-electron chi connectivity index (χ0n) is 26.0. The Labute approximate surface area is 265 Å². The van der Waals surface area contributed by atoms with E-state index < -0.39 is 36.3 Å². The standard InChI is InChI=1S/C37H38N3O4P/c1-28(39-36(43)44-37(2,3)4)35(42)40(26-29-18-10-6-11-19-29)27-33(41)34(38-5)45(30-20-12-7-13-21-30,31-22-14-8-15-23-31)32-24-16-9-17-25-32/h6-25,28H,26-27H2,1-4H3,(H,39,43)/t28-/m0/s1. The minimum atomic E-state index is -2.97. The van der Waals surface area contributed by atoms with E-state index in [4.69, 9.17) is 11.3 Å². The van der Waals surface area contributed by atoms with Gasteiger partial charge >= 0.3 is 6.09 Å². The van der Waals surface area contributed by atoms with Crippen molar-refractivity contribution in [2.24, 2.45) is 0 Å². The highest BCUT2D eigenvalue weighted by atomic mass is 31.2. The zero-order chi connectivity index (χ0) is 32.5. The number of nitrogens with one attached hydrogen (secondary N) is 1. The van der Waals surface area contributed by atoms with Crippen LogP contribution in [0.1, 0.15) is 33.3 Å². The van der Waals surface area contributed by atoms with E-state index in [1.807, 2.05) is 121 Å². The molecule has 1 atom stereocenters. The summed E-state index contributed by atoms with van der Waals surface area (Å²) in [6.07, 6.45) is -0.732. The van der Waals surface area contributed by atoms with Gasteiger partial charge in [0.1, 0.15) is 11.6 Å². The van der Waals surface area contributed by atoms with Gasteiger partial charge in [0, 0.05) is 6.54 Å². The third-order valence-electron chi connectivity index (χ3n) is 7.07. The largest absolute Gasteiger partial charge is 0.444 e. The fourth-order valence-corrected chi connectivity index (χ4v) is 9.25. The van der Waals surface area contributed by atoms with Crippen LogP contribution in [0.5, 0.6) is 0 Å². The summed E-state index contributed by atoms with van der Waals surface area (Å²) in [4.78, 5) is 46.3. The van der Waals surface area contributed by atoms with Gasteiger partial charge in [-0.1, -0.05) is 121 Å². The normalized spacial score (nSPS) is 11.9. The molecule has 0 fully saturated rings. The van der Waals surface area contributed by atoms with Gasteiger partial charge in [-0.25, -0.2) is 9.64 Å². The van der Waals surface area contributed by atoms with Crippen LogP contribution in [0.2, 0.25) is 0 Å². The van der Waals surface area contributed by atoms with E-state index in [0.717, 1.165) is 21.5 Å². The maximum atomic E-state index is 14.5. The molecule has 1 N–H and O–H groups in total. The summed E-state index contributed by atoms with van der Waals surface area (Å²) in [5.74, 6) is -0.922. The molecule has 4 rings (SSSR count). The molecule has 0 bridgehead atoms. The Morgan fingerprint density at radius 1 is 0.778 bits per heavy atom. The van der Waals surface area contributed by atoms with E-state index in [-0.39, 0.29) is 18.5 Å². The second-order valence-corrected chi connectivity index (χ2v) is 14.9. The maximum Gasteiger partial charge on any atom is 0.408 e. The smallest absolute Gasteiger partial charge is 0.408 e. The third kappa shape index (κ3) is 7.98. The summed E-state index contributed by atoms with van der Waals surface area (Å²) in [6, 6.07) is 37.3. The molecular weight excluding hydrogens is 581 g/mol. The second kappa shape index (κ2) is 14.7. The SMILES string of the molecule is [C-]#[N+]C(C(=O)CN(Cc1ccccc1)C(=O)[C@H](C)NC(=O)OC(C)(C)C)=P(c1ccccc1)(c1ccccc1)c1ccccc1. The minimum Gasteiger partial charge on any atom is -0.444 e. The number of benzene rings is 4. The number of hydrogen-bond donors (Lipinski definition) is 1. The van der Waals surface area contributed by atoms with E-state index in [2.05, 4.69) is 10.2 Å². The number of hydrogen-bond acceptors (Lipinski definition) is 4. The molecule has 0 aliphatic rings. The number of rotatable bonds is 10. The predicted molar refractivity (Wildman–Crippen MR) is 182 cm³/mol. The van der Waals surface area contributed by atoms with Gasteiger partial charge in [-0.3, -0.25) is 4.79 Å². The first kappa shape index (κ1) is 33.0. The molecule has 230 valence electrons. The summed E-state index contributed by atoms with van der Waals surface area (Å²) in [7, 11) is 0. The van der Waals surface area contributed by atoms with Crippen molar-refractivity contribution in [3.63, 3.8) is 0 Å². The molecule has 8 heteroatoms. The van der Waals surface area contributed by atoms with Crippen LogP contribution < -0.4 is 21.2 Å². The van der Waals surface area contributed by atoms with Crippen LogP contribution >= 0.6 is 6.89 Å². The second-order valence-electron chi connectivity index (χ2n) is 11.6. The molecule has 0 aromatic heterocycles.